The van der Waals surface area contributed by atoms with Crippen molar-refractivity contribution in [1.82, 2.24) is 20.0 Å². The third-order valence-corrected chi connectivity index (χ3v) is 5.64. The number of carboxylic acids is 1. The monoisotopic (exact) mass is 384 g/mol. The van der Waals surface area contributed by atoms with Crippen molar-refractivity contribution in [2.45, 2.75) is 25.8 Å². The van der Waals surface area contributed by atoms with E-state index in [-0.39, 0.29) is 6.42 Å². The van der Waals surface area contributed by atoms with E-state index in [0.29, 0.717) is 18.0 Å². The van der Waals surface area contributed by atoms with Crippen molar-refractivity contribution in [2.75, 3.05) is 13.2 Å². The Balaban J connectivity index is 1.59. The molecule has 1 N–H and O–H groups in total. The van der Waals surface area contributed by atoms with Gasteiger partial charge in [-0.15, -0.1) is 16.4 Å². The molecule has 8 heteroatoms. The number of allylic oxidation sites excluding steroid dienone is 1. The van der Waals surface area contributed by atoms with Crippen molar-refractivity contribution in [3.05, 3.63) is 41.2 Å². The van der Waals surface area contributed by atoms with Crippen LogP contribution >= 0.6 is 11.3 Å². The maximum atomic E-state index is 11.1. The average Bonchev–Trinajstić information content (AvgIpc) is 3.39. The molecular weight excluding hydrogens is 364 g/mol. The van der Waals surface area contributed by atoms with Gasteiger partial charge in [0.1, 0.15) is 10.7 Å². The fourth-order valence-electron chi connectivity index (χ4n) is 3.13. The Hall–Kier alpha value is -2.58. The summed E-state index contributed by atoms with van der Waals surface area (Å²) in [5, 5.41) is 18.3. The van der Waals surface area contributed by atoms with Crippen LogP contribution in [-0.2, 0) is 16.1 Å². The maximum Gasteiger partial charge on any atom is 0.303 e. The predicted octanol–water partition coefficient (Wildman–Crippen LogP) is 3.33. The highest BCUT2D eigenvalue weighted by Gasteiger charge is 2.17. The Kier molecular flexibility index (Phi) is 5.26. The third-order valence-electron chi connectivity index (χ3n) is 4.52. The first kappa shape index (κ1) is 17.8. The molecule has 0 spiro atoms. The zero-order valence-electron chi connectivity index (χ0n) is 14.7. The molecule has 0 aliphatic carbocycles. The molecule has 1 unspecified atom stereocenters. The van der Waals surface area contributed by atoms with Gasteiger partial charge in [0.25, 0.3) is 0 Å². The first-order valence-corrected chi connectivity index (χ1v) is 9.75. The van der Waals surface area contributed by atoms with Crippen LogP contribution in [0.4, 0.5) is 0 Å². The molecule has 27 heavy (non-hydrogen) atoms. The lowest BCUT2D eigenvalue weighted by Gasteiger charge is -2.05. The van der Waals surface area contributed by atoms with E-state index in [4.69, 9.17) is 9.84 Å². The number of aromatic nitrogens is 4. The standard InChI is InChI=1S/C19H20N4O3S/c24-18(25)6-5-14(19-20-16-3-1-2-4-17(16)27-19)9-15-11-23(22-21-15)10-13-7-8-26-12-13/h1-4,9,11,13H,5-8,10,12H2,(H,24,25)/b14-9-. The van der Waals surface area contributed by atoms with E-state index < -0.39 is 5.97 Å². The first-order chi connectivity index (χ1) is 13.2. The molecule has 3 aromatic rings. The average molecular weight is 384 g/mol. The summed E-state index contributed by atoms with van der Waals surface area (Å²) in [5.41, 5.74) is 2.51. The topological polar surface area (TPSA) is 90.1 Å². The van der Waals surface area contributed by atoms with Crippen molar-refractivity contribution < 1.29 is 14.6 Å². The molecule has 0 radical (unpaired) electrons. The minimum atomic E-state index is -0.827. The molecule has 1 aromatic carbocycles. The minimum Gasteiger partial charge on any atom is -0.481 e. The van der Waals surface area contributed by atoms with Crippen LogP contribution in [0.15, 0.2) is 30.5 Å². The van der Waals surface area contributed by atoms with Gasteiger partial charge in [0, 0.05) is 25.5 Å². The summed E-state index contributed by atoms with van der Waals surface area (Å²) in [5.74, 6) is -0.355. The highest BCUT2D eigenvalue weighted by molar-refractivity contribution is 7.19. The molecule has 1 aliphatic heterocycles. The highest BCUT2D eigenvalue weighted by atomic mass is 32.1. The van der Waals surface area contributed by atoms with E-state index in [0.717, 1.165) is 47.0 Å². The number of ether oxygens (including phenoxy) is 1. The van der Waals surface area contributed by atoms with E-state index in [1.807, 2.05) is 41.2 Å². The van der Waals surface area contributed by atoms with Crippen LogP contribution < -0.4 is 0 Å². The summed E-state index contributed by atoms with van der Waals surface area (Å²) in [6.45, 7) is 2.36. The van der Waals surface area contributed by atoms with Crippen molar-refractivity contribution in [3.63, 3.8) is 0 Å². The first-order valence-electron chi connectivity index (χ1n) is 8.93. The molecule has 7 nitrogen and oxygen atoms in total. The van der Waals surface area contributed by atoms with Gasteiger partial charge >= 0.3 is 5.97 Å². The van der Waals surface area contributed by atoms with Gasteiger partial charge in [0.15, 0.2) is 0 Å². The van der Waals surface area contributed by atoms with Crippen molar-refractivity contribution in [2.24, 2.45) is 5.92 Å². The number of carboxylic acid groups (broad SMARTS) is 1. The van der Waals surface area contributed by atoms with Gasteiger partial charge < -0.3 is 9.84 Å². The van der Waals surface area contributed by atoms with E-state index in [1.54, 1.807) is 11.3 Å². The molecule has 4 rings (SSSR count). The lowest BCUT2D eigenvalue weighted by atomic mass is 10.1. The molecule has 0 amide bonds. The van der Waals surface area contributed by atoms with E-state index in [1.165, 1.54) is 0 Å². The van der Waals surface area contributed by atoms with Gasteiger partial charge in [0.05, 0.1) is 23.0 Å². The smallest absolute Gasteiger partial charge is 0.303 e. The summed E-state index contributed by atoms with van der Waals surface area (Å²) < 4.78 is 8.32. The molecule has 1 saturated heterocycles. The quantitative estimate of drug-likeness (QED) is 0.672. The van der Waals surface area contributed by atoms with Gasteiger partial charge in [-0.1, -0.05) is 17.3 Å². The molecule has 1 atom stereocenters. The van der Waals surface area contributed by atoms with Crippen LogP contribution in [0.5, 0.6) is 0 Å². The molecule has 1 fully saturated rings. The Morgan fingerprint density at radius 1 is 1.37 bits per heavy atom. The Morgan fingerprint density at radius 2 is 2.26 bits per heavy atom. The number of fused-ring (bicyclic) bond motifs is 1. The van der Waals surface area contributed by atoms with Gasteiger partial charge in [-0.05, 0) is 36.6 Å². The molecule has 1 aliphatic rings. The van der Waals surface area contributed by atoms with Crippen LogP contribution in [0, 0.1) is 5.92 Å². The minimum absolute atomic E-state index is 0.0509. The van der Waals surface area contributed by atoms with Gasteiger partial charge in [-0.3, -0.25) is 9.48 Å². The van der Waals surface area contributed by atoms with E-state index >= 15 is 0 Å². The van der Waals surface area contributed by atoms with Gasteiger partial charge in [-0.2, -0.15) is 0 Å². The lowest BCUT2D eigenvalue weighted by molar-refractivity contribution is -0.136. The third kappa shape index (κ3) is 4.40. The molecule has 2 aromatic heterocycles. The fraction of sp³-hybridized carbons (Fsp3) is 0.368. The molecule has 140 valence electrons. The number of hydrogen-bond acceptors (Lipinski definition) is 6. The largest absolute Gasteiger partial charge is 0.481 e. The van der Waals surface area contributed by atoms with E-state index in [9.17, 15) is 4.79 Å². The van der Waals surface area contributed by atoms with Gasteiger partial charge in [-0.25, -0.2) is 4.98 Å². The second-order valence-corrected chi connectivity index (χ2v) is 7.68. The van der Waals surface area contributed by atoms with Crippen molar-refractivity contribution in [1.29, 1.82) is 0 Å². The highest BCUT2D eigenvalue weighted by Crippen LogP contribution is 2.30. The number of rotatable bonds is 7. The molecule has 0 bridgehead atoms. The SMILES string of the molecule is O=C(O)CC/C(=C/c1cn(CC2CCOC2)nn1)c1nc2ccccc2s1. The Bertz CT molecular complexity index is 939. The Morgan fingerprint density at radius 3 is 3.04 bits per heavy atom. The van der Waals surface area contributed by atoms with Crippen LogP contribution in [-0.4, -0.2) is 44.3 Å². The van der Waals surface area contributed by atoms with Crippen molar-refractivity contribution >= 4 is 39.2 Å². The number of hydrogen-bond donors (Lipinski definition) is 1. The van der Waals surface area contributed by atoms with Crippen LogP contribution in [0.3, 0.4) is 0 Å². The second kappa shape index (κ2) is 7.98. The van der Waals surface area contributed by atoms with Crippen LogP contribution in [0.25, 0.3) is 21.9 Å². The number of para-hydroxylation sites is 1. The van der Waals surface area contributed by atoms with Crippen molar-refractivity contribution in [3.8, 4) is 0 Å². The normalized spacial score (nSPS) is 17.6. The van der Waals surface area contributed by atoms with Crippen LogP contribution in [0.1, 0.15) is 30.0 Å². The summed E-state index contributed by atoms with van der Waals surface area (Å²) in [6.07, 6.45) is 5.29. The van der Waals surface area contributed by atoms with E-state index in [2.05, 4.69) is 15.3 Å². The molecular formula is C19H20N4O3S. The zero-order valence-corrected chi connectivity index (χ0v) is 15.6. The number of aliphatic carboxylic acids is 1. The number of nitrogens with zero attached hydrogens (tertiary/aromatic N) is 4. The lowest BCUT2D eigenvalue weighted by Crippen LogP contribution is -2.10. The van der Waals surface area contributed by atoms with Gasteiger partial charge in [0.2, 0.25) is 0 Å². The summed E-state index contributed by atoms with van der Waals surface area (Å²) >= 11 is 1.57. The molecule has 0 saturated carbocycles. The zero-order chi connectivity index (χ0) is 18.6. The summed E-state index contributed by atoms with van der Waals surface area (Å²) in [7, 11) is 0. The van der Waals surface area contributed by atoms with Crippen LogP contribution in [0.2, 0.25) is 0 Å². The predicted molar refractivity (Wildman–Crippen MR) is 103 cm³/mol. The second-order valence-electron chi connectivity index (χ2n) is 6.65. The fourth-order valence-corrected chi connectivity index (χ4v) is 4.14. The Labute approximate surface area is 160 Å². The number of carbonyl (C=O) groups is 1. The summed E-state index contributed by atoms with van der Waals surface area (Å²) in [6, 6.07) is 7.91. The maximum absolute atomic E-state index is 11.1. The molecule has 3 heterocycles. The number of thiazole rings is 1. The summed E-state index contributed by atoms with van der Waals surface area (Å²) in [4.78, 5) is 15.7. The number of benzene rings is 1.